The summed E-state index contributed by atoms with van der Waals surface area (Å²) in [5, 5.41) is 13.2. The number of hydrogen-bond donors (Lipinski definition) is 1. The summed E-state index contributed by atoms with van der Waals surface area (Å²) in [6.45, 7) is 4.53. The van der Waals surface area contributed by atoms with Crippen molar-refractivity contribution in [3.8, 4) is 0 Å². The molecule has 1 N–H and O–H groups in total. The lowest BCUT2D eigenvalue weighted by molar-refractivity contribution is -0.404. The van der Waals surface area contributed by atoms with Crippen LogP contribution in [-0.4, -0.2) is 29.5 Å². The molecule has 1 aliphatic rings. The van der Waals surface area contributed by atoms with Crippen LogP contribution in [0.3, 0.4) is 0 Å². The number of nitro groups is 1. The summed E-state index contributed by atoms with van der Waals surface area (Å²) in [5.41, 5.74) is 0. The van der Waals surface area contributed by atoms with Gasteiger partial charge in [-0.15, -0.1) is 0 Å². The van der Waals surface area contributed by atoms with Gasteiger partial charge in [0.2, 0.25) is 0 Å². The fourth-order valence-electron chi connectivity index (χ4n) is 1.27. The Bertz CT molecular complexity index is 203. The van der Waals surface area contributed by atoms with Gasteiger partial charge in [-0.05, 0) is 13.3 Å². The monoisotopic (exact) mass is 171 g/mol. The topological polar surface area (TPSA) is 58.4 Å². The lowest BCUT2D eigenvalue weighted by Crippen LogP contribution is -2.39. The van der Waals surface area contributed by atoms with Gasteiger partial charge in [-0.25, -0.2) is 0 Å². The standard InChI is InChI=1S/C7H13N3O2/c1-2-9-5-3-4-8-7(9)6-10(11)12/h6,8H,2-5H2,1H3/b7-6+. The first kappa shape index (κ1) is 8.83. The molecule has 0 aromatic heterocycles. The molecule has 0 aliphatic carbocycles. The molecule has 0 saturated carbocycles. The van der Waals surface area contributed by atoms with E-state index >= 15 is 0 Å². The Labute approximate surface area is 71.2 Å². The van der Waals surface area contributed by atoms with Gasteiger partial charge in [0.15, 0.2) is 5.82 Å². The normalized spacial score (nSPS) is 20.8. The predicted molar refractivity (Wildman–Crippen MR) is 44.9 cm³/mol. The molecule has 0 spiro atoms. The highest BCUT2D eigenvalue weighted by Crippen LogP contribution is 2.06. The molecular formula is C7H13N3O2. The van der Waals surface area contributed by atoms with Crippen molar-refractivity contribution in [2.24, 2.45) is 0 Å². The Kier molecular flexibility index (Phi) is 2.90. The molecule has 0 unspecified atom stereocenters. The highest BCUT2D eigenvalue weighted by Gasteiger charge is 2.14. The molecule has 1 fully saturated rings. The molecule has 1 aliphatic heterocycles. The van der Waals surface area contributed by atoms with E-state index in [-0.39, 0.29) is 0 Å². The molecule has 1 saturated heterocycles. The van der Waals surface area contributed by atoms with Gasteiger partial charge in [0.05, 0.1) is 4.92 Å². The molecule has 0 aromatic rings. The lowest BCUT2D eigenvalue weighted by atomic mass is 10.3. The zero-order valence-electron chi connectivity index (χ0n) is 7.12. The maximum atomic E-state index is 10.2. The molecular weight excluding hydrogens is 158 g/mol. The van der Waals surface area contributed by atoms with Gasteiger partial charge in [0.1, 0.15) is 0 Å². The molecule has 0 aromatic carbocycles. The van der Waals surface area contributed by atoms with E-state index in [1.165, 1.54) is 0 Å². The van der Waals surface area contributed by atoms with Gasteiger partial charge in [-0.2, -0.15) is 0 Å². The highest BCUT2D eigenvalue weighted by molar-refractivity contribution is 4.97. The van der Waals surface area contributed by atoms with Crippen LogP contribution in [0.15, 0.2) is 12.0 Å². The summed E-state index contributed by atoms with van der Waals surface area (Å²) in [4.78, 5) is 11.7. The van der Waals surface area contributed by atoms with E-state index in [0.29, 0.717) is 5.82 Å². The Morgan fingerprint density at radius 3 is 3.17 bits per heavy atom. The van der Waals surface area contributed by atoms with E-state index in [9.17, 15) is 10.1 Å². The van der Waals surface area contributed by atoms with Gasteiger partial charge in [0, 0.05) is 19.6 Å². The van der Waals surface area contributed by atoms with Crippen molar-refractivity contribution in [2.45, 2.75) is 13.3 Å². The Hall–Kier alpha value is -1.26. The van der Waals surface area contributed by atoms with Crippen molar-refractivity contribution >= 4 is 0 Å². The van der Waals surface area contributed by atoms with Crippen LogP contribution in [0.1, 0.15) is 13.3 Å². The van der Waals surface area contributed by atoms with E-state index in [2.05, 4.69) is 5.32 Å². The van der Waals surface area contributed by atoms with Gasteiger partial charge >= 0.3 is 0 Å². The average molecular weight is 171 g/mol. The van der Waals surface area contributed by atoms with Gasteiger partial charge < -0.3 is 10.2 Å². The molecule has 5 heteroatoms. The zero-order valence-corrected chi connectivity index (χ0v) is 7.12. The predicted octanol–water partition coefficient (Wildman–Crippen LogP) is 0.377. The van der Waals surface area contributed by atoms with Crippen LogP contribution in [0.5, 0.6) is 0 Å². The summed E-state index contributed by atoms with van der Waals surface area (Å²) < 4.78 is 0. The van der Waals surface area contributed by atoms with E-state index in [4.69, 9.17) is 0 Å². The number of hydrogen-bond acceptors (Lipinski definition) is 4. The van der Waals surface area contributed by atoms with Crippen LogP contribution >= 0.6 is 0 Å². The zero-order chi connectivity index (χ0) is 8.97. The fraction of sp³-hybridized carbons (Fsp3) is 0.714. The second-order valence-electron chi connectivity index (χ2n) is 2.66. The minimum Gasteiger partial charge on any atom is -0.367 e. The quantitative estimate of drug-likeness (QED) is 0.482. The summed E-state index contributed by atoms with van der Waals surface area (Å²) in [6, 6.07) is 0. The third-order valence-electron chi connectivity index (χ3n) is 1.86. The minimum absolute atomic E-state index is 0.420. The molecule has 0 bridgehead atoms. The van der Waals surface area contributed by atoms with Crippen LogP contribution in [0.4, 0.5) is 0 Å². The van der Waals surface area contributed by atoms with E-state index in [1.54, 1.807) is 0 Å². The average Bonchev–Trinajstić information content (AvgIpc) is 2.04. The minimum atomic E-state index is -0.420. The first-order valence-corrected chi connectivity index (χ1v) is 4.08. The van der Waals surface area contributed by atoms with Gasteiger partial charge in [-0.3, -0.25) is 10.1 Å². The van der Waals surface area contributed by atoms with Gasteiger partial charge in [0.25, 0.3) is 6.20 Å². The summed E-state index contributed by atoms with van der Waals surface area (Å²) in [7, 11) is 0. The fourth-order valence-corrected chi connectivity index (χ4v) is 1.27. The number of nitrogens with zero attached hydrogens (tertiary/aromatic N) is 2. The molecule has 1 heterocycles. The van der Waals surface area contributed by atoms with Crippen molar-refractivity contribution < 1.29 is 4.92 Å². The summed E-state index contributed by atoms with van der Waals surface area (Å²) in [6.07, 6.45) is 2.07. The molecule has 1 rings (SSSR count). The summed E-state index contributed by atoms with van der Waals surface area (Å²) in [5.74, 6) is 0.633. The number of rotatable bonds is 2. The van der Waals surface area contributed by atoms with Crippen LogP contribution in [0.2, 0.25) is 0 Å². The van der Waals surface area contributed by atoms with Crippen molar-refractivity contribution in [1.29, 1.82) is 0 Å². The highest BCUT2D eigenvalue weighted by atomic mass is 16.6. The van der Waals surface area contributed by atoms with Crippen molar-refractivity contribution in [1.82, 2.24) is 10.2 Å². The van der Waals surface area contributed by atoms with Crippen molar-refractivity contribution in [2.75, 3.05) is 19.6 Å². The molecule has 12 heavy (non-hydrogen) atoms. The van der Waals surface area contributed by atoms with Crippen molar-refractivity contribution in [3.63, 3.8) is 0 Å². The van der Waals surface area contributed by atoms with Crippen molar-refractivity contribution in [3.05, 3.63) is 22.1 Å². The Morgan fingerprint density at radius 2 is 2.58 bits per heavy atom. The van der Waals surface area contributed by atoms with Crippen LogP contribution in [-0.2, 0) is 0 Å². The molecule has 0 radical (unpaired) electrons. The molecule has 0 amide bonds. The third kappa shape index (κ3) is 2.11. The maximum Gasteiger partial charge on any atom is 0.274 e. The smallest absolute Gasteiger partial charge is 0.274 e. The summed E-state index contributed by atoms with van der Waals surface area (Å²) >= 11 is 0. The first-order valence-electron chi connectivity index (χ1n) is 4.08. The molecule has 0 atom stereocenters. The Morgan fingerprint density at radius 1 is 1.83 bits per heavy atom. The first-order chi connectivity index (χ1) is 5.74. The third-order valence-corrected chi connectivity index (χ3v) is 1.86. The van der Waals surface area contributed by atoms with E-state index < -0.39 is 4.92 Å². The Balaban J connectivity index is 2.64. The lowest BCUT2D eigenvalue weighted by Gasteiger charge is -2.29. The largest absolute Gasteiger partial charge is 0.367 e. The van der Waals surface area contributed by atoms with E-state index in [1.807, 2.05) is 11.8 Å². The van der Waals surface area contributed by atoms with E-state index in [0.717, 1.165) is 32.3 Å². The van der Waals surface area contributed by atoms with Crippen LogP contribution < -0.4 is 5.32 Å². The van der Waals surface area contributed by atoms with Gasteiger partial charge in [-0.1, -0.05) is 0 Å². The second kappa shape index (κ2) is 3.94. The van der Waals surface area contributed by atoms with Crippen LogP contribution in [0.25, 0.3) is 0 Å². The maximum absolute atomic E-state index is 10.2. The SMILES string of the molecule is CCN1CCCN/C1=C\[N+](=O)[O-]. The molecule has 5 nitrogen and oxygen atoms in total. The van der Waals surface area contributed by atoms with Crippen LogP contribution in [0, 0.1) is 10.1 Å². The second-order valence-corrected chi connectivity index (χ2v) is 2.66. The number of nitrogens with one attached hydrogen (secondary N) is 1. The molecule has 68 valence electrons.